The highest BCUT2D eigenvalue weighted by atomic mass is 127. The third-order valence-corrected chi connectivity index (χ3v) is 11.5. The molecule has 0 N–H and O–H groups in total. The molecule has 0 unspecified atom stereocenters. The minimum absolute atomic E-state index is 0.00434. The Bertz CT molecular complexity index is 495. The molecule has 6 heteroatoms. The lowest BCUT2D eigenvalue weighted by molar-refractivity contribution is -0.148. The van der Waals surface area contributed by atoms with Crippen molar-refractivity contribution in [3.8, 4) is 0 Å². The van der Waals surface area contributed by atoms with Crippen molar-refractivity contribution in [2.75, 3.05) is 0 Å². The molecule has 2 fully saturated rings. The molecular formula is C17H29IO4Si. The van der Waals surface area contributed by atoms with Gasteiger partial charge in [0, 0.05) is 12.8 Å². The first-order valence-electron chi connectivity index (χ1n) is 8.43. The second-order valence-electron chi connectivity index (χ2n) is 8.70. The molecule has 0 radical (unpaired) electrons. The van der Waals surface area contributed by atoms with Crippen LogP contribution in [0.1, 0.15) is 53.4 Å². The number of fused-ring (bicyclic) bond motifs is 2. The number of rotatable bonds is 2. The largest absolute Gasteiger partial charge is 0.460 e. The summed E-state index contributed by atoms with van der Waals surface area (Å²) in [4.78, 5) is 24.6. The molecule has 1 aliphatic carbocycles. The van der Waals surface area contributed by atoms with E-state index >= 15 is 0 Å². The Morgan fingerprint density at radius 2 is 1.91 bits per heavy atom. The fraction of sp³-hybridized carbons (Fsp3) is 0.882. The van der Waals surface area contributed by atoms with Gasteiger partial charge in [0.15, 0.2) is 8.32 Å². The van der Waals surface area contributed by atoms with Crippen LogP contribution in [0.5, 0.6) is 0 Å². The fourth-order valence-corrected chi connectivity index (χ4v) is 5.06. The number of halogens is 1. The lowest BCUT2D eigenvalue weighted by atomic mass is 9.93. The van der Waals surface area contributed by atoms with Gasteiger partial charge >= 0.3 is 5.97 Å². The van der Waals surface area contributed by atoms with E-state index < -0.39 is 14.2 Å². The van der Waals surface area contributed by atoms with Crippen LogP contribution < -0.4 is 0 Å². The number of esters is 1. The van der Waals surface area contributed by atoms with Gasteiger partial charge in [-0.25, -0.2) is 0 Å². The van der Waals surface area contributed by atoms with E-state index in [1.54, 1.807) is 0 Å². The molecule has 1 aliphatic heterocycles. The fourth-order valence-electron chi connectivity index (χ4n) is 2.98. The summed E-state index contributed by atoms with van der Waals surface area (Å²) in [5.41, 5.74) is 0. The SMILES string of the molecule is CC(C)(C)[Si](C)(C)O[C@H]1CC[C@](C)(I)[C@@H]2C[C@H](C(=O)C1)C(=O)O2. The maximum atomic E-state index is 12.6. The number of ether oxygens (including phenoxy) is 1. The number of alkyl halides is 1. The molecule has 0 spiro atoms. The van der Waals surface area contributed by atoms with Gasteiger partial charge in [0.1, 0.15) is 17.8 Å². The van der Waals surface area contributed by atoms with E-state index in [4.69, 9.17) is 9.16 Å². The molecular weight excluding hydrogens is 423 g/mol. The maximum absolute atomic E-state index is 12.6. The van der Waals surface area contributed by atoms with Crippen LogP contribution in [0.25, 0.3) is 0 Å². The molecule has 1 saturated heterocycles. The Hall–Kier alpha value is 0.0469. The molecule has 2 rings (SSSR count). The first-order chi connectivity index (χ1) is 10.3. The van der Waals surface area contributed by atoms with Crippen molar-refractivity contribution >= 4 is 42.7 Å². The lowest BCUT2D eigenvalue weighted by Crippen LogP contribution is -2.45. The van der Waals surface area contributed by atoms with E-state index in [9.17, 15) is 9.59 Å². The van der Waals surface area contributed by atoms with Crippen LogP contribution in [0.3, 0.4) is 0 Å². The lowest BCUT2D eigenvalue weighted by Gasteiger charge is -2.40. The van der Waals surface area contributed by atoms with Gasteiger partial charge in [-0.3, -0.25) is 9.59 Å². The number of hydrogen-bond acceptors (Lipinski definition) is 4. The van der Waals surface area contributed by atoms with Crippen molar-refractivity contribution in [2.45, 2.75) is 87.1 Å². The molecule has 2 bridgehead atoms. The molecule has 0 amide bonds. The summed E-state index contributed by atoms with van der Waals surface area (Å²) in [6.07, 6.45) is 2.37. The molecule has 4 atom stereocenters. The van der Waals surface area contributed by atoms with Crippen molar-refractivity contribution in [3.05, 3.63) is 0 Å². The van der Waals surface area contributed by atoms with Crippen LogP contribution in [0, 0.1) is 5.92 Å². The predicted octanol–water partition coefficient (Wildman–Crippen LogP) is 4.26. The van der Waals surface area contributed by atoms with E-state index in [2.05, 4.69) is 63.4 Å². The Labute approximate surface area is 154 Å². The smallest absolute Gasteiger partial charge is 0.316 e. The molecule has 132 valence electrons. The zero-order valence-electron chi connectivity index (χ0n) is 15.1. The zero-order valence-corrected chi connectivity index (χ0v) is 18.2. The molecule has 0 aromatic rings. The normalized spacial score (nSPS) is 36.2. The molecule has 1 heterocycles. The molecule has 2 aliphatic rings. The first-order valence-corrected chi connectivity index (χ1v) is 12.4. The highest BCUT2D eigenvalue weighted by Crippen LogP contribution is 2.43. The van der Waals surface area contributed by atoms with Crippen LogP contribution in [0.2, 0.25) is 18.1 Å². The summed E-state index contributed by atoms with van der Waals surface area (Å²) in [7, 11) is -1.93. The zero-order chi connectivity index (χ0) is 17.6. The van der Waals surface area contributed by atoms with Crippen LogP contribution in [-0.4, -0.2) is 35.7 Å². The number of Topliss-reactive ketones (excluding diaryl/α,β-unsaturated/α-hetero) is 1. The van der Waals surface area contributed by atoms with Gasteiger partial charge in [0.25, 0.3) is 0 Å². The highest BCUT2D eigenvalue weighted by molar-refractivity contribution is 14.1. The third-order valence-electron chi connectivity index (χ3n) is 5.70. The molecule has 4 nitrogen and oxygen atoms in total. The average molecular weight is 452 g/mol. The Morgan fingerprint density at radius 3 is 2.48 bits per heavy atom. The summed E-state index contributed by atoms with van der Waals surface area (Å²) in [6.45, 7) is 13.2. The van der Waals surface area contributed by atoms with Gasteiger partial charge in [0.05, 0.1) is 9.53 Å². The Kier molecular flexibility index (Phi) is 5.40. The summed E-state index contributed by atoms with van der Waals surface area (Å²) < 4.78 is 11.8. The summed E-state index contributed by atoms with van der Waals surface area (Å²) in [5, 5.41) is 0.111. The van der Waals surface area contributed by atoms with Crippen LogP contribution in [0.15, 0.2) is 0 Å². The van der Waals surface area contributed by atoms with Gasteiger partial charge in [-0.1, -0.05) is 43.4 Å². The quantitative estimate of drug-likeness (QED) is 0.207. The molecule has 0 aromatic heterocycles. The second-order valence-corrected chi connectivity index (χ2v) is 15.9. The number of hydrogen-bond donors (Lipinski definition) is 0. The van der Waals surface area contributed by atoms with E-state index in [1.807, 2.05) is 0 Å². The van der Waals surface area contributed by atoms with Crippen molar-refractivity contribution < 1.29 is 18.8 Å². The molecule has 23 heavy (non-hydrogen) atoms. The minimum atomic E-state index is -1.93. The van der Waals surface area contributed by atoms with E-state index in [-0.39, 0.29) is 32.4 Å². The summed E-state index contributed by atoms with van der Waals surface area (Å²) in [6, 6.07) is 0. The van der Waals surface area contributed by atoms with Gasteiger partial charge in [-0.2, -0.15) is 0 Å². The Morgan fingerprint density at radius 1 is 1.30 bits per heavy atom. The predicted molar refractivity (Wildman–Crippen MR) is 101 cm³/mol. The van der Waals surface area contributed by atoms with E-state index in [1.165, 1.54) is 0 Å². The number of carbonyl (C=O) groups is 2. The van der Waals surface area contributed by atoms with Crippen molar-refractivity contribution in [2.24, 2.45) is 5.92 Å². The topological polar surface area (TPSA) is 52.6 Å². The van der Waals surface area contributed by atoms with Gasteiger partial charge < -0.3 is 9.16 Å². The van der Waals surface area contributed by atoms with Gasteiger partial charge in [0.2, 0.25) is 0 Å². The second kappa shape index (κ2) is 6.41. The highest BCUT2D eigenvalue weighted by Gasteiger charge is 2.49. The van der Waals surface area contributed by atoms with Gasteiger partial charge in [-0.05, 0) is 37.9 Å². The van der Waals surface area contributed by atoms with Crippen LogP contribution in [-0.2, 0) is 18.8 Å². The first kappa shape index (κ1) is 19.4. The van der Waals surface area contributed by atoms with E-state index in [0.717, 1.165) is 12.8 Å². The van der Waals surface area contributed by atoms with Crippen LogP contribution in [0.4, 0.5) is 0 Å². The number of carbonyl (C=O) groups excluding carboxylic acids is 2. The third kappa shape index (κ3) is 4.18. The van der Waals surface area contributed by atoms with Crippen molar-refractivity contribution in [1.29, 1.82) is 0 Å². The van der Waals surface area contributed by atoms with Crippen molar-refractivity contribution in [3.63, 3.8) is 0 Å². The monoisotopic (exact) mass is 452 g/mol. The summed E-state index contributed by atoms with van der Waals surface area (Å²) >= 11 is 2.39. The Balaban J connectivity index is 2.20. The van der Waals surface area contributed by atoms with Crippen molar-refractivity contribution in [1.82, 2.24) is 0 Å². The minimum Gasteiger partial charge on any atom is -0.460 e. The van der Waals surface area contributed by atoms with E-state index in [0.29, 0.717) is 12.8 Å². The standard InChI is InChI=1S/C17H29IO4Si/c1-16(2,3)23(5,6)22-11-7-8-17(4,18)14-10-12(13(19)9-11)15(20)21-14/h11-12,14H,7-10H2,1-6H3/t11-,12+,14-,17-/m0/s1. The van der Waals surface area contributed by atoms with Crippen LogP contribution >= 0.6 is 22.6 Å². The molecule has 1 saturated carbocycles. The van der Waals surface area contributed by atoms with Gasteiger partial charge in [-0.15, -0.1) is 0 Å². The maximum Gasteiger partial charge on any atom is 0.316 e. The summed E-state index contributed by atoms with van der Waals surface area (Å²) in [5.74, 6) is -0.927. The average Bonchev–Trinajstić information content (AvgIpc) is 2.77. The molecule has 0 aromatic carbocycles. The number of ketones is 1.